The van der Waals surface area contributed by atoms with E-state index in [1.165, 1.54) is 11.1 Å². The van der Waals surface area contributed by atoms with Crippen LogP contribution in [0, 0.1) is 0 Å². The summed E-state index contributed by atoms with van der Waals surface area (Å²) < 4.78 is 0. The normalized spacial score (nSPS) is 15.8. The monoisotopic (exact) mass is 247 g/mol. The van der Waals surface area contributed by atoms with Crippen molar-refractivity contribution < 1.29 is 4.79 Å². The quantitative estimate of drug-likeness (QED) is 0.815. The van der Waals surface area contributed by atoms with Crippen LogP contribution in [-0.2, 0) is 17.8 Å². The van der Waals surface area contributed by atoms with E-state index in [2.05, 4.69) is 34.5 Å². The van der Waals surface area contributed by atoms with Gasteiger partial charge in [0.1, 0.15) is 0 Å². The van der Waals surface area contributed by atoms with Gasteiger partial charge in [0, 0.05) is 19.6 Å². The summed E-state index contributed by atoms with van der Waals surface area (Å²) in [5.74, 6) is 0.0693. The van der Waals surface area contributed by atoms with Crippen molar-refractivity contribution in [2.24, 2.45) is 5.73 Å². The van der Waals surface area contributed by atoms with Crippen LogP contribution in [0.15, 0.2) is 24.3 Å². The fourth-order valence-corrected chi connectivity index (χ4v) is 2.37. The van der Waals surface area contributed by atoms with Gasteiger partial charge in [-0.05, 0) is 30.5 Å². The molecule has 0 aromatic heterocycles. The molecule has 0 saturated carbocycles. The Labute approximate surface area is 108 Å². The molecule has 1 aliphatic rings. The first-order valence-electron chi connectivity index (χ1n) is 6.55. The molecule has 18 heavy (non-hydrogen) atoms. The van der Waals surface area contributed by atoms with Gasteiger partial charge in [-0.2, -0.15) is 0 Å². The van der Waals surface area contributed by atoms with Crippen LogP contribution in [0.5, 0.6) is 0 Å². The number of rotatable bonds is 4. The number of hydrogen-bond donors (Lipinski definition) is 2. The molecule has 0 aliphatic carbocycles. The number of fused-ring (bicyclic) bond motifs is 1. The van der Waals surface area contributed by atoms with E-state index < -0.39 is 0 Å². The van der Waals surface area contributed by atoms with Crippen LogP contribution in [0.3, 0.4) is 0 Å². The third-order valence-electron chi connectivity index (χ3n) is 3.27. The Hall–Kier alpha value is -1.39. The molecular weight excluding hydrogens is 226 g/mol. The summed E-state index contributed by atoms with van der Waals surface area (Å²) in [6.45, 7) is 3.36. The zero-order valence-electron chi connectivity index (χ0n) is 10.7. The number of carbonyl (C=O) groups is 1. The molecule has 0 radical (unpaired) electrons. The van der Waals surface area contributed by atoms with E-state index in [9.17, 15) is 4.79 Å². The molecule has 0 atom stereocenters. The van der Waals surface area contributed by atoms with Crippen molar-refractivity contribution in [1.29, 1.82) is 0 Å². The third kappa shape index (κ3) is 3.55. The van der Waals surface area contributed by atoms with Gasteiger partial charge in [0.25, 0.3) is 0 Å². The first-order valence-corrected chi connectivity index (χ1v) is 6.55. The molecule has 2 rings (SSSR count). The molecule has 0 saturated heterocycles. The van der Waals surface area contributed by atoms with Crippen molar-refractivity contribution in [2.75, 3.05) is 26.2 Å². The second-order valence-corrected chi connectivity index (χ2v) is 4.72. The number of benzene rings is 1. The molecule has 3 N–H and O–H groups in total. The Kier molecular flexibility index (Phi) is 4.73. The lowest BCUT2D eigenvalue weighted by atomic mass is 10.0. The second kappa shape index (κ2) is 6.52. The molecule has 0 fully saturated rings. The van der Waals surface area contributed by atoms with Crippen LogP contribution in [0.1, 0.15) is 17.5 Å². The molecule has 98 valence electrons. The van der Waals surface area contributed by atoms with E-state index in [0.717, 1.165) is 25.9 Å². The molecule has 1 amide bonds. The predicted octanol–water partition coefficient (Wildman–Crippen LogP) is 0.510. The summed E-state index contributed by atoms with van der Waals surface area (Å²) in [6.07, 6.45) is 2.22. The van der Waals surface area contributed by atoms with E-state index in [-0.39, 0.29) is 5.91 Å². The molecule has 4 nitrogen and oxygen atoms in total. The minimum atomic E-state index is 0.0693. The number of amides is 1. The molecule has 1 aromatic carbocycles. The second-order valence-electron chi connectivity index (χ2n) is 4.72. The minimum absolute atomic E-state index is 0.0693. The van der Waals surface area contributed by atoms with Gasteiger partial charge in [-0.1, -0.05) is 24.3 Å². The van der Waals surface area contributed by atoms with Gasteiger partial charge in [-0.25, -0.2) is 0 Å². The number of aryl methyl sites for hydroxylation is 1. The van der Waals surface area contributed by atoms with Crippen LogP contribution in [0.4, 0.5) is 0 Å². The first kappa shape index (κ1) is 13.1. The van der Waals surface area contributed by atoms with E-state index >= 15 is 0 Å². The van der Waals surface area contributed by atoms with Gasteiger partial charge in [-0.15, -0.1) is 0 Å². The summed E-state index contributed by atoms with van der Waals surface area (Å²) in [4.78, 5) is 13.9. The predicted molar refractivity (Wildman–Crippen MR) is 72.1 cm³/mol. The maximum Gasteiger partial charge on any atom is 0.234 e. The highest BCUT2D eigenvalue weighted by Gasteiger charge is 2.15. The number of carbonyl (C=O) groups excluding carboxylic acids is 1. The Morgan fingerprint density at radius 1 is 1.33 bits per heavy atom. The van der Waals surface area contributed by atoms with Gasteiger partial charge in [0.2, 0.25) is 5.91 Å². The fourth-order valence-electron chi connectivity index (χ4n) is 2.37. The van der Waals surface area contributed by atoms with Crippen molar-refractivity contribution in [1.82, 2.24) is 10.2 Å². The number of hydrogen-bond acceptors (Lipinski definition) is 3. The summed E-state index contributed by atoms with van der Waals surface area (Å²) in [7, 11) is 0. The topological polar surface area (TPSA) is 58.4 Å². The van der Waals surface area contributed by atoms with Crippen molar-refractivity contribution in [3.63, 3.8) is 0 Å². The van der Waals surface area contributed by atoms with Crippen LogP contribution in [0.25, 0.3) is 0 Å². The SMILES string of the molecule is NCCNC(=O)CN1CCCc2ccccc2C1. The highest BCUT2D eigenvalue weighted by Crippen LogP contribution is 2.17. The highest BCUT2D eigenvalue weighted by molar-refractivity contribution is 5.78. The third-order valence-corrected chi connectivity index (χ3v) is 3.27. The summed E-state index contributed by atoms with van der Waals surface area (Å²) >= 11 is 0. The van der Waals surface area contributed by atoms with E-state index in [0.29, 0.717) is 19.6 Å². The molecule has 1 aromatic rings. The zero-order valence-corrected chi connectivity index (χ0v) is 10.7. The zero-order chi connectivity index (χ0) is 12.8. The molecule has 4 heteroatoms. The summed E-state index contributed by atoms with van der Waals surface area (Å²) in [6, 6.07) is 8.50. The fraction of sp³-hybridized carbons (Fsp3) is 0.500. The van der Waals surface area contributed by atoms with Crippen molar-refractivity contribution >= 4 is 5.91 Å². The van der Waals surface area contributed by atoms with Crippen LogP contribution >= 0.6 is 0 Å². The molecular formula is C14H21N3O. The van der Waals surface area contributed by atoms with Crippen molar-refractivity contribution in [3.8, 4) is 0 Å². The first-order chi connectivity index (χ1) is 8.79. The maximum atomic E-state index is 11.7. The summed E-state index contributed by atoms with van der Waals surface area (Å²) in [5.41, 5.74) is 8.14. The van der Waals surface area contributed by atoms with E-state index in [4.69, 9.17) is 5.73 Å². The van der Waals surface area contributed by atoms with Crippen LogP contribution in [0.2, 0.25) is 0 Å². The van der Waals surface area contributed by atoms with Gasteiger partial charge < -0.3 is 11.1 Å². The largest absolute Gasteiger partial charge is 0.354 e. The number of nitrogens with two attached hydrogens (primary N) is 1. The molecule has 1 heterocycles. The standard InChI is InChI=1S/C14H21N3O/c15-7-8-16-14(18)11-17-9-3-6-12-4-1-2-5-13(12)10-17/h1-2,4-5H,3,6-11,15H2,(H,16,18). The minimum Gasteiger partial charge on any atom is -0.354 e. The van der Waals surface area contributed by atoms with Crippen LogP contribution < -0.4 is 11.1 Å². The van der Waals surface area contributed by atoms with Crippen LogP contribution in [-0.4, -0.2) is 37.0 Å². The van der Waals surface area contributed by atoms with Gasteiger partial charge in [0.05, 0.1) is 6.54 Å². The molecule has 0 spiro atoms. The number of nitrogens with zero attached hydrogens (tertiary/aromatic N) is 1. The van der Waals surface area contributed by atoms with Crippen molar-refractivity contribution in [3.05, 3.63) is 35.4 Å². The van der Waals surface area contributed by atoms with Gasteiger partial charge in [-0.3, -0.25) is 9.69 Å². The van der Waals surface area contributed by atoms with E-state index in [1.807, 2.05) is 0 Å². The van der Waals surface area contributed by atoms with Gasteiger partial charge in [0.15, 0.2) is 0 Å². The van der Waals surface area contributed by atoms with Gasteiger partial charge >= 0.3 is 0 Å². The lowest BCUT2D eigenvalue weighted by molar-refractivity contribution is -0.122. The maximum absolute atomic E-state index is 11.7. The summed E-state index contributed by atoms with van der Waals surface area (Å²) in [5, 5.41) is 2.82. The Morgan fingerprint density at radius 2 is 2.11 bits per heavy atom. The molecule has 1 aliphatic heterocycles. The lowest BCUT2D eigenvalue weighted by Gasteiger charge is -2.19. The average Bonchev–Trinajstić information content (AvgIpc) is 2.57. The molecule has 0 bridgehead atoms. The number of nitrogens with one attached hydrogen (secondary N) is 1. The van der Waals surface area contributed by atoms with Crippen molar-refractivity contribution in [2.45, 2.75) is 19.4 Å². The Morgan fingerprint density at radius 3 is 2.89 bits per heavy atom. The highest BCUT2D eigenvalue weighted by atomic mass is 16.2. The molecule has 0 unspecified atom stereocenters. The Bertz CT molecular complexity index is 406. The Balaban J connectivity index is 1.93. The smallest absolute Gasteiger partial charge is 0.234 e. The van der Waals surface area contributed by atoms with E-state index in [1.54, 1.807) is 0 Å². The lowest BCUT2D eigenvalue weighted by Crippen LogP contribution is -2.38. The average molecular weight is 247 g/mol.